The second-order valence-corrected chi connectivity index (χ2v) is 3.73. The Morgan fingerprint density at radius 1 is 1.33 bits per heavy atom. The molecule has 82 valence electrons. The number of hydrogen-bond acceptors (Lipinski definition) is 2. The van der Waals surface area contributed by atoms with E-state index in [0.29, 0.717) is 0 Å². The van der Waals surface area contributed by atoms with Crippen LogP contribution in [0.15, 0.2) is 30.3 Å². The lowest BCUT2D eigenvalue weighted by atomic mass is 10.0. The molecule has 1 N–H and O–H groups in total. The molecular weight excluding hydrogens is 190 g/mol. The zero-order valence-electron chi connectivity index (χ0n) is 9.34. The number of aliphatic hydroxyl groups excluding tert-OH is 1. The van der Waals surface area contributed by atoms with Gasteiger partial charge in [-0.2, -0.15) is 0 Å². The van der Waals surface area contributed by atoms with Crippen LogP contribution in [0.1, 0.15) is 25.5 Å². The number of aliphatic hydroxyl groups is 1. The largest absolute Gasteiger partial charge is 0.386 e. The van der Waals surface area contributed by atoms with Gasteiger partial charge in [-0.15, -0.1) is 0 Å². The van der Waals surface area contributed by atoms with Crippen LogP contribution in [-0.4, -0.2) is 29.0 Å². The topological polar surface area (TPSA) is 40.5 Å². The maximum Gasteiger partial charge on any atom is 0.219 e. The highest BCUT2D eigenvalue weighted by molar-refractivity contribution is 5.73. The lowest BCUT2D eigenvalue weighted by molar-refractivity contribution is -0.131. The number of hydrogen-bond donors (Lipinski definition) is 1. The molecule has 1 amide bonds. The van der Waals surface area contributed by atoms with Gasteiger partial charge in [-0.3, -0.25) is 4.79 Å². The molecule has 0 aliphatic heterocycles. The molecule has 1 aromatic rings. The van der Waals surface area contributed by atoms with Crippen molar-refractivity contribution in [1.29, 1.82) is 0 Å². The van der Waals surface area contributed by atoms with Crippen LogP contribution in [0, 0.1) is 0 Å². The van der Waals surface area contributed by atoms with Gasteiger partial charge in [-0.1, -0.05) is 30.3 Å². The van der Waals surface area contributed by atoms with Crippen molar-refractivity contribution in [3.63, 3.8) is 0 Å². The van der Waals surface area contributed by atoms with Gasteiger partial charge < -0.3 is 10.0 Å². The average molecular weight is 207 g/mol. The Morgan fingerprint density at radius 3 is 2.33 bits per heavy atom. The van der Waals surface area contributed by atoms with E-state index in [1.54, 1.807) is 7.05 Å². The number of amides is 1. The van der Waals surface area contributed by atoms with E-state index in [9.17, 15) is 9.90 Å². The fourth-order valence-electron chi connectivity index (χ4n) is 1.43. The normalized spacial score (nSPS) is 14.4. The van der Waals surface area contributed by atoms with Gasteiger partial charge in [0, 0.05) is 14.0 Å². The maximum absolute atomic E-state index is 11.1. The Morgan fingerprint density at radius 2 is 1.87 bits per heavy atom. The molecule has 0 spiro atoms. The summed E-state index contributed by atoms with van der Waals surface area (Å²) < 4.78 is 0. The number of likely N-dealkylation sites (N-methyl/N-ethyl adjacent to an activating group) is 1. The average Bonchev–Trinajstić information content (AvgIpc) is 2.27. The third-order valence-electron chi connectivity index (χ3n) is 2.71. The molecule has 0 heterocycles. The third kappa shape index (κ3) is 2.80. The van der Waals surface area contributed by atoms with E-state index in [-0.39, 0.29) is 11.9 Å². The first kappa shape index (κ1) is 11.7. The van der Waals surface area contributed by atoms with Gasteiger partial charge in [0.15, 0.2) is 0 Å². The summed E-state index contributed by atoms with van der Waals surface area (Å²) in [4.78, 5) is 12.7. The molecule has 15 heavy (non-hydrogen) atoms. The third-order valence-corrected chi connectivity index (χ3v) is 2.71. The fourth-order valence-corrected chi connectivity index (χ4v) is 1.43. The second kappa shape index (κ2) is 4.94. The Bertz CT molecular complexity index is 324. The number of rotatable bonds is 3. The molecule has 0 radical (unpaired) electrons. The van der Waals surface area contributed by atoms with Gasteiger partial charge in [0.25, 0.3) is 0 Å². The van der Waals surface area contributed by atoms with Crippen molar-refractivity contribution in [2.45, 2.75) is 26.0 Å². The second-order valence-electron chi connectivity index (χ2n) is 3.73. The first-order valence-electron chi connectivity index (χ1n) is 5.00. The van der Waals surface area contributed by atoms with Gasteiger partial charge in [0.05, 0.1) is 12.1 Å². The van der Waals surface area contributed by atoms with Crippen LogP contribution in [0.25, 0.3) is 0 Å². The molecular formula is C12H17NO2. The molecule has 0 aliphatic rings. The van der Waals surface area contributed by atoms with Crippen LogP contribution in [0.4, 0.5) is 0 Å². The SMILES string of the molecule is CC(=O)N(C)[C@@H](C)C(O)c1ccccc1. The summed E-state index contributed by atoms with van der Waals surface area (Å²) >= 11 is 0. The van der Waals surface area contributed by atoms with Gasteiger partial charge in [0.1, 0.15) is 0 Å². The summed E-state index contributed by atoms with van der Waals surface area (Å²) in [5.74, 6) is -0.0440. The molecule has 0 fully saturated rings. The van der Waals surface area contributed by atoms with E-state index in [4.69, 9.17) is 0 Å². The van der Waals surface area contributed by atoms with Gasteiger partial charge in [0.2, 0.25) is 5.91 Å². The smallest absolute Gasteiger partial charge is 0.219 e. The van der Waals surface area contributed by atoms with Crippen LogP contribution in [-0.2, 0) is 4.79 Å². The monoisotopic (exact) mass is 207 g/mol. The van der Waals surface area contributed by atoms with Crippen molar-refractivity contribution in [2.24, 2.45) is 0 Å². The van der Waals surface area contributed by atoms with Crippen molar-refractivity contribution < 1.29 is 9.90 Å². The Kier molecular flexibility index (Phi) is 3.86. The van der Waals surface area contributed by atoms with E-state index in [0.717, 1.165) is 5.56 Å². The van der Waals surface area contributed by atoms with E-state index in [1.165, 1.54) is 11.8 Å². The maximum atomic E-state index is 11.1. The molecule has 2 atom stereocenters. The quantitative estimate of drug-likeness (QED) is 0.817. The minimum atomic E-state index is -0.639. The molecule has 0 aliphatic carbocycles. The highest BCUT2D eigenvalue weighted by Gasteiger charge is 2.21. The van der Waals surface area contributed by atoms with Crippen LogP contribution in [0.5, 0.6) is 0 Å². The molecule has 1 unspecified atom stereocenters. The predicted molar refractivity (Wildman–Crippen MR) is 59.3 cm³/mol. The first-order chi connectivity index (χ1) is 7.04. The number of carbonyl (C=O) groups excluding carboxylic acids is 1. The highest BCUT2D eigenvalue weighted by Crippen LogP contribution is 2.19. The fraction of sp³-hybridized carbons (Fsp3) is 0.417. The van der Waals surface area contributed by atoms with Crippen molar-refractivity contribution in [3.8, 4) is 0 Å². The summed E-state index contributed by atoms with van der Waals surface area (Å²) in [5, 5.41) is 10.0. The molecule has 1 rings (SSSR count). The van der Waals surface area contributed by atoms with Crippen LogP contribution in [0.3, 0.4) is 0 Å². The molecule has 0 bridgehead atoms. The summed E-state index contributed by atoms with van der Waals surface area (Å²) in [6.45, 7) is 3.33. The molecule has 0 saturated heterocycles. The lowest BCUT2D eigenvalue weighted by Crippen LogP contribution is -2.37. The lowest BCUT2D eigenvalue weighted by Gasteiger charge is -2.28. The van der Waals surface area contributed by atoms with Crippen molar-refractivity contribution in [2.75, 3.05) is 7.05 Å². The Hall–Kier alpha value is -1.35. The highest BCUT2D eigenvalue weighted by atomic mass is 16.3. The summed E-state index contributed by atoms with van der Waals surface area (Å²) in [6, 6.07) is 9.14. The number of carbonyl (C=O) groups is 1. The molecule has 3 heteroatoms. The van der Waals surface area contributed by atoms with E-state index < -0.39 is 6.10 Å². The minimum absolute atomic E-state index is 0.0440. The van der Waals surface area contributed by atoms with E-state index in [1.807, 2.05) is 37.3 Å². The molecule has 0 aromatic heterocycles. The van der Waals surface area contributed by atoms with Crippen molar-refractivity contribution in [1.82, 2.24) is 4.90 Å². The molecule has 3 nitrogen and oxygen atoms in total. The molecule has 0 saturated carbocycles. The summed E-state index contributed by atoms with van der Waals surface area (Å²) in [7, 11) is 1.69. The molecule has 1 aromatic carbocycles. The van der Waals surface area contributed by atoms with E-state index in [2.05, 4.69) is 0 Å². The number of benzene rings is 1. The zero-order chi connectivity index (χ0) is 11.4. The zero-order valence-corrected chi connectivity index (χ0v) is 9.34. The predicted octanol–water partition coefficient (Wildman–Crippen LogP) is 1.59. The van der Waals surface area contributed by atoms with Crippen molar-refractivity contribution in [3.05, 3.63) is 35.9 Å². The summed E-state index contributed by atoms with van der Waals surface area (Å²) in [6.07, 6.45) is -0.639. The van der Waals surface area contributed by atoms with Crippen LogP contribution in [0.2, 0.25) is 0 Å². The Labute approximate surface area is 90.3 Å². The van der Waals surface area contributed by atoms with Gasteiger partial charge in [-0.05, 0) is 12.5 Å². The van der Waals surface area contributed by atoms with Gasteiger partial charge in [-0.25, -0.2) is 0 Å². The van der Waals surface area contributed by atoms with Crippen molar-refractivity contribution >= 4 is 5.91 Å². The van der Waals surface area contributed by atoms with E-state index >= 15 is 0 Å². The van der Waals surface area contributed by atoms with Gasteiger partial charge >= 0.3 is 0 Å². The van der Waals surface area contributed by atoms with Crippen LogP contribution < -0.4 is 0 Å². The summed E-state index contributed by atoms with van der Waals surface area (Å²) in [5.41, 5.74) is 0.832. The van der Waals surface area contributed by atoms with Crippen LogP contribution >= 0.6 is 0 Å². The first-order valence-corrected chi connectivity index (χ1v) is 5.00. The minimum Gasteiger partial charge on any atom is -0.386 e. The standard InChI is InChI=1S/C12H17NO2/c1-9(13(3)10(2)14)12(15)11-7-5-4-6-8-11/h4-9,12,15H,1-3H3/t9-,12?/m0/s1. The Balaban J connectivity index is 2.77. The number of nitrogens with zero attached hydrogens (tertiary/aromatic N) is 1.